The van der Waals surface area contributed by atoms with Gasteiger partial charge >= 0.3 is 12.0 Å². The molecule has 1 N–H and O–H groups in total. The SMILES string of the molecule is Clc1cc2nc(Nc3nnco3)oc2cc1Cl. The Morgan fingerprint density at radius 1 is 1.12 bits per heavy atom. The first-order chi connectivity index (χ1) is 8.22. The number of fused-ring (bicyclic) bond motifs is 1. The summed E-state index contributed by atoms with van der Waals surface area (Å²) in [4.78, 5) is 4.14. The minimum Gasteiger partial charge on any atom is -0.423 e. The second kappa shape index (κ2) is 3.90. The van der Waals surface area contributed by atoms with Gasteiger partial charge in [-0.05, 0) is 6.07 Å². The Morgan fingerprint density at radius 3 is 2.71 bits per heavy atom. The van der Waals surface area contributed by atoms with Gasteiger partial charge in [-0.1, -0.05) is 28.3 Å². The fourth-order valence-corrected chi connectivity index (χ4v) is 1.61. The third-order valence-corrected chi connectivity index (χ3v) is 2.73. The molecule has 2 heterocycles. The van der Waals surface area contributed by atoms with Crippen molar-refractivity contribution in [3.63, 3.8) is 0 Å². The molecule has 0 spiro atoms. The first-order valence-corrected chi connectivity index (χ1v) is 5.27. The molecule has 0 bridgehead atoms. The molecule has 2 aromatic heterocycles. The summed E-state index contributed by atoms with van der Waals surface area (Å²) >= 11 is 11.7. The van der Waals surface area contributed by atoms with E-state index in [-0.39, 0.29) is 12.0 Å². The number of hydrogen-bond acceptors (Lipinski definition) is 6. The normalized spacial score (nSPS) is 10.9. The lowest BCUT2D eigenvalue weighted by Gasteiger charge is -1.92. The molecule has 8 heteroatoms. The molecule has 0 amide bonds. The number of halogens is 2. The number of benzene rings is 1. The quantitative estimate of drug-likeness (QED) is 0.770. The van der Waals surface area contributed by atoms with Crippen LogP contribution in [-0.2, 0) is 0 Å². The third-order valence-electron chi connectivity index (χ3n) is 2.00. The monoisotopic (exact) mass is 270 g/mol. The van der Waals surface area contributed by atoms with Crippen LogP contribution in [0.15, 0.2) is 27.4 Å². The summed E-state index contributed by atoms with van der Waals surface area (Å²) in [5.74, 6) is 0. The molecule has 0 aliphatic carbocycles. The van der Waals surface area contributed by atoms with Crippen LogP contribution >= 0.6 is 23.2 Å². The fraction of sp³-hybridized carbons (Fsp3) is 0. The van der Waals surface area contributed by atoms with Gasteiger partial charge in [0, 0.05) is 6.07 Å². The molecule has 0 fully saturated rings. The van der Waals surface area contributed by atoms with Crippen molar-refractivity contribution < 1.29 is 8.83 Å². The van der Waals surface area contributed by atoms with Crippen LogP contribution in [0, 0.1) is 0 Å². The van der Waals surface area contributed by atoms with Gasteiger partial charge in [-0.2, -0.15) is 4.98 Å². The molecule has 0 radical (unpaired) electrons. The van der Waals surface area contributed by atoms with Gasteiger partial charge in [0.15, 0.2) is 5.58 Å². The smallest absolute Gasteiger partial charge is 0.323 e. The zero-order valence-corrected chi connectivity index (χ0v) is 9.66. The van der Waals surface area contributed by atoms with Crippen LogP contribution in [0.1, 0.15) is 0 Å². The summed E-state index contributed by atoms with van der Waals surface area (Å²) in [5.41, 5.74) is 1.10. The predicted molar refractivity (Wildman–Crippen MR) is 61.6 cm³/mol. The molecule has 0 aliphatic rings. The first-order valence-electron chi connectivity index (χ1n) is 4.51. The minimum atomic E-state index is 0.189. The van der Waals surface area contributed by atoms with E-state index in [1.54, 1.807) is 12.1 Å². The lowest BCUT2D eigenvalue weighted by Crippen LogP contribution is -1.89. The van der Waals surface area contributed by atoms with Crippen LogP contribution in [0.3, 0.4) is 0 Å². The van der Waals surface area contributed by atoms with E-state index in [0.29, 0.717) is 21.1 Å². The second-order valence-corrected chi connectivity index (χ2v) is 3.94. The first kappa shape index (κ1) is 10.4. The maximum atomic E-state index is 5.86. The molecule has 0 saturated heterocycles. The molecule has 17 heavy (non-hydrogen) atoms. The Hall–Kier alpha value is -1.79. The molecule has 3 aromatic rings. The van der Waals surface area contributed by atoms with Crippen molar-refractivity contribution in [1.82, 2.24) is 15.2 Å². The Kier molecular flexibility index (Phi) is 2.38. The van der Waals surface area contributed by atoms with Crippen LogP contribution in [0.4, 0.5) is 12.0 Å². The minimum absolute atomic E-state index is 0.189. The van der Waals surface area contributed by atoms with Gasteiger partial charge in [0.25, 0.3) is 0 Å². The highest BCUT2D eigenvalue weighted by molar-refractivity contribution is 6.42. The highest BCUT2D eigenvalue weighted by atomic mass is 35.5. The molecular weight excluding hydrogens is 267 g/mol. The molecule has 3 rings (SSSR count). The molecule has 6 nitrogen and oxygen atoms in total. The van der Waals surface area contributed by atoms with Crippen molar-refractivity contribution >= 4 is 46.3 Å². The van der Waals surface area contributed by atoms with Gasteiger partial charge < -0.3 is 8.83 Å². The van der Waals surface area contributed by atoms with Crippen molar-refractivity contribution in [3.8, 4) is 0 Å². The fourth-order valence-electron chi connectivity index (χ4n) is 1.30. The van der Waals surface area contributed by atoms with Crippen molar-refractivity contribution in [2.45, 2.75) is 0 Å². The lowest BCUT2D eigenvalue weighted by atomic mass is 10.3. The van der Waals surface area contributed by atoms with E-state index < -0.39 is 0 Å². The average Bonchev–Trinajstić information content (AvgIpc) is 2.89. The van der Waals surface area contributed by atoms with E-state index in [0.717, 1.165) is 0 Å². The number of hydrogen-bond donors (Lipinski definition) is 1. The lowest BCUT2D eigenvalue weighted by molar-refractivity contribution is 0.559. The van der Waals surface area contributed by atoms with E-state index in [1.165, 1.54) is 6.39 Å². The summed E-state index contributed by atoms with van der Waals surface area (Å²) in [6, 6.07) is 3.61. The second-order valence-electron chi connectivity index (χ2n) is 3.12. The van der Waals surface area contributed by atoms with Crippen LogP contribution < -0.4 is 5.32 Å². The van der Waals surface area contributed by atoms with Gasteiger partial charge in [0.2, 0.25) is 6.39 Å². The molecule has 0 saturated carbocycles. The Labute approximate surface area is 105 Å². The topological polar surface area (TPSA) is 77.0 Å². The van der Waals surface area contributed by atoms with E-state index >= 15 is 0 Å². The predicted octanol–water partition coefficient (Wildman–Crippen LogP) is 3.26. The largest absolute Gasteiger partial charge is 0.423 e. The van der Waals surface area contributed by atoms with Crippen LogP contribution in [0.5, 0.6) is 0 Å². The van der Waals surface area contributed by atoms with Gasteiger partial charge in [0.05, 0.1) is 10.0 Å². The van der Waals surface area contributed by atoms with Crippen molar-refractivity contribution in [2.24, 2.45) is 0 Å². The van der Waals surface area contributed by atoms with Crippen molar-refractivity contribution in [2.75, 3.05) is 5.32 Å². The summed E-state index contributed by atoms with van der Waals surface area (Å²) in [6.45, 7) is 0. The van der Waals surface area contributed by atoms with Gasteiger partial charge in [-0.15, -0.1) is 5.10 Å². The zero-order chi connectivity index (χ0) is 11.8. The Balaban J connectivity index is 2.02. The number of aromatic nitrogens is 3. The molecule has 0 aliphatic heterocycles. The molecule has 1 aromatic carbocycles. The van der Waals surface area contributed by atoms with Gasteiger partial charge in [-0.3, -0.25) is 5.32 Å². The van der Waals surface area contributed by atoms with E-state index in [9.17, 15) is 0 Å². The number of nitrogens with zero attached hydrogens (tertiary/aromatic N) is 3. The summed E-state index contributed by atoms with van der Waals surface area (Å²) in [7, 11) is 0. The maximum Gasteiger partial charge on any atom is 0.323 e. The summed E-state index contributed by atoms with van der Waals surface area (Å²) in [5, 5.41) is 10.7. The number of rotatable bonds is 2. The number of oxazole rings is 1. The van der Waals surface area contributed by atoms with Crippen molar-refractivity contribution in [1.29, 1.82) is 0 Å². The molecule has 86 valence electrons. The summed E-state index contributed by atoms with van der Waals surface area (Å²) in [6.07, 6.45) is 1.19. The molecule has 0 unspecified atom stereocenters. The third kappa shape index (κ3) is 1.92. The highest BCUT2D eigenvalue weighted by Crippen LogP contribution is 2.29. The Bertz CT molecular complexity index is 626. The molecular formula is C9H4Cl2N4O2. The maximum absolute atomic E-state index is 5.86. The number of nitrogens with one attached hydrogen (secondary N) is 1. The van der Waals surface area contributed by atoms with Crippen LogP contribution in [-0.4, -0.2) is 15.2 Å². The zero-order valence-electron chi connectivity index (χ0n) is 8.15. The number of anilines is 2. The van der Waals surface area contributed by atoms with Crippen molar-refractivity contribution in [3.05, 3.63) is 28.6 Å². The Morgan fingerprint density at radius 2 is 1.94 bits per heavy atom. The highest BCUT2D eigenvalue weighted by Gasteiger charge is 2.10. The van der Waals surface area contributed by atoms with Gasteiger partial charge in [0.1, 0.15) is 5.52 Å². The van der Waals surface area contributed by atoms with Crippen LogP contribution in [0.25, 0.3) is 11.1 Å². The standard InChI is InChI=1S/C9H4Cl2N4O2/c10-4-1-6-7(2-5(4)11)17-8(13-6)14-9-15-12-3-16-9/h1-3H,(H,13,14,15). The van der Waals surface area contributed by atoms with E-state index in [4.69, 9.17) is 32.0 Å². The van der Waals surface area contributed by atoms with E-state index in [2.05, 4.69) is 20.5 Å². The van der Waals surface area contributed by atoms with E-state index in [1.807, 2.05) is 0 Å². The summed E-state index contributed by atoms with van der Waals surface area (Å²) < 4.78 is 10.3. The van der Waals surface area contributed by atoms with Crippen LogP contribution in [0.2, 0.25) is 10.0 Å². The molecule has 0 atom stereocenters. The average molecular weight is 271 g/mol. The van der Waals surface area contributed by atoms with Gasteiger partial charge in [-0.25, -0.2) is 0 Å².